The van der Waals surface area contributed by atoms with Crippen molar-refractivity contribution in [3.05, 3.63) is 35.9 Å². The maximum absolute atomic E-state index is 4.93. The van der Waals surface area contributed by atoms with Crippen LogP contribution in [0, 0.1) is 0 Å². The Bertz CT molecular complexity index is 193. The normalized spacial score (nSPS) is 10.2. The highest BCUT2D eigenvalue weighted by Gasteiger charge is 1.78. The summed E-state index contributed by atoms with van der Waals surface area (Å²) in [6.07, 6.45) is 1.61. The first-order valence-corrected chi connectivity index (χ1v) is 2.72. The van der Waals surface area contributed by atoms with Crippen LogP contribution >= 0.6 is 0 Å². The van der Waals surface area contributed by atoms with E-state index in [0.717, 1.165) is 5.56 Å². The molecule has 1 rings (SSSR count). The third kappa shape index (κ3) is 1.72. The van der Waals surface area contributed by atoms with Gasteiger partial charge in [-0.05, 0) is 5.56 Å². The molecule has 1 nitrogen and oxygen atoms in total. The van der Waals surface area contributed by atoms with E-state index in [9.17, 15) is 0 Å². The van der Waals surface area contributed by atoms with Crippen LogP contribution in [0.3, 0.4) is 0 Å². The van der Waals surface area contributed by atoms with Crippen LogP contribution in [0.25, 0.3) is 0 Å². The number of benzene rings is 1. The highest BCUT2D eigenvalue weighted by molar-refractivity contribution is 6.11. The zero-order valence-electron chi connectivity index (χ0n) is 4.99. The lowest BCUT2D eigenvalue weighted by atomic mass is 10.2. The smallest absolute Gasteiger partial charge is 0.259 e. The highest BCUT2D eigenvalue weighted by Crippen LogP contribution is 1.92. The van der Waals surface area contributed by atoms with Gasteiger partial charge in [0.15, 0.2) is 0 Å². The van der Waals surface area contributed by atoms with Crippen molar-refractivity contribution in [1.82, 2.24) is 0 Å². The number of nitrogens with zero attached hydrogens (tertiary/aromatic N) is 1. The minimum atomic E-state index is 1.03. The van der Waals surface area contributed by atoms with E-state index in [0.29, 0.717) is 0 Å². The van der Waals surface area contributed by atoms with Crippen LogP contribution in [-0.2, 0) is 0 Å². The molecule has 0 heterocycles. The third-order valence-corrected chi connectivity index (χ3v) is 1.02. The molecular formula is C7H6BN. The van der Waals surface area contributed by atoms with Gasteiger partial charge in [-0.25, -0.2) is 0 Å². The van der Waals surface area contributed by atoms with Crippen molar-refractivity contribution < 1.29 is 0 Å². The average molecular weight is 115 g/mol. The first-order chi connectivity index (χ1) is 4.43. The Balaban J connectivity index is 2.85. The third-order valence-electron chi connectivity index (χ3n) is 1.02. The second kappa shape index (κ2) is 3.08. The Morgan fingerprint density at radius 3 is 2.44 bits per heavy atom. The predicted octanol–water partition coefficient (Wildman–Crippen LogP) is 1.19. The van der Waals surface area contributed by atoms with Crippen LogP contribution in [0.1, 0.15) is 5.56 Å². The second-order valence-electron chi connectivity index (χ2n) is 1.69. The van der Waals surface area contributed by atoms with Gasteiger partial charge in [0.2, 0.25) is 0 Å². The molecule has 0 amide bonds. The van der Waals surface area contributed by atoms with E-state index in [1.165, 1.54) is 0 Å². The highest BCUT2D eigenvalue weighted by atomic mass is 14.5. The summed E-state index contributed by atoms with van der Waals surface area (Å²) >= 11 is 0. The Labute approximate surface area is 55.9 Å². The molecule has 0 fully saturated rings. The van der Waals surface area contributed by atoms with Gasteiger partial charge in [-0.1, -0.05) is 30.3 Å². The summed E-state index contributed by atoms with van der Waals surface area (Å²) in [4.78, 5) is 3.38. The number of rotatable bonds is 1. The summed E-state index contributed by atoms with van der Waals surface area (Å²) in [6, 6.07) is 9.72. The lowest BCUT2D eigenvalue weighted by molar-refractivity contribution is 1.67. The van der Waals surface area contributed by atoms with Crippen LogP contribution < -0.4 is 0 Å². The van der Waals surface area contributed by atoms with Crippen LogP contribution in [0.4, 0.5) is 0 Å². The zero-order valence-corrected chi connectivity index (χ0v) is 4.99. The molecule has 0 aliphatic rings. The van der Waals surface area contributed by atoms with Crippen molar-refractivity contribution in [3.63, 3.8) is 0 Å². The Morgan fingerprint density at radius 1 is 1.22 bits per heavy atom. The quantitative estimate of drug-likeness (QED) is 0.385. The van der Waals surface area contributed by atoms with Crippen LogP contribution in [-0.4, -0.2) is 14.2 Å². The fraction of sp³-hybridized carbons (Fsp3) is 0. The maximum atomic E-state index is 4.93. The Morgan fingerprint density at radius 2 is 1.89 bits per heavy atom. The largest absolute Gasteiger partial charge is 0.363 e. The molecule has 1 aromatic carbocycles. The van der Waals surface area contributed by atoms with E-state index in [2.05, 4.69) is 4.90 Å². The van der Waals surface area contributed by atoms with E-state index in [-0.39, 0.29) is 0 Å². The van der Waals surface area contributed by atoms with Crippen molar-refractivity contribution in [1.29, 1.82) is 0 Å². The predicted molar refractivity (Wildman–Crippen MR) is 39.8 cm³/mol. The molecule has 0 N–H and O–H groups in total. The molecule has 0 aliphatic carbocycles. The molecule has 1 aromatic rings. The van der Waals surface area contributed by atoms with Crippen LogP contribution in [0.2, 0.25) is 0 Å². The van der Waals surface area contributed by atoms with Crippen molar-refractivity contribution in [2.24, 2.45) is 4.90 Å². The molecule has 0 aromatic heterocycles. The standard InChI is InChI=1S/C7H6BN/c8-9-6-7-4-2-1-3-5-7/h1-6H/b9-6-. The minimum Gasteiger partial charge on any atom is -0.363 e. The summed E-state index contributed by atoms with van der Waals surface area (Å²) in [5.74, 6) is 0. The number of hydrogen-bond donors (Lipinski definition) is 0. The molecule has 0 aliphatic heterocycles. The fourth-order valence-corrected chi connectivity index (χ4v) is 0.625. The van der Waals surface area contributed by atoms with Gasteiger partial charge in [-0.3, -0.25) is 0 Å². The average Bonchev–Trinajstić information content (AvgIpc) is 1.91. The van der Waals surface area contributed by atoms with Gasteiger partial charge in [0, 0.05) is 6.21 Å². The summed E-state index contributed by atoms with van der Waals surface area (Å²) in [6.45, 7) is 0. The Hall–Kier alpha value is -1.05. The molecule has 2 radical (unpaired) electrons. The maximum Gasteiger partial charge on any atom is 0.259 e. The molecule has 0 unspecified atom stereocenters. The molecule has 0 atom stereocenters. The number of hydrogen-bond acceptors (Lipinski definition) is 1. The summed E-state index contributed by atoms with van der Waals surface area (Å²) < 4.78 is 0. The minimum absolute atomic E-state index is 1.03. The SMILES string of the molecule is [B]/N=C\c1ccccc1. The van der Waals surface area contributed by atoms with E-state index < -0.39 is 0 Å². The fourth-order valence-electron chi connectivity index (χ4n) is 0.625. The van der Waals surface area contributed by atoms with Crippen LogP contribution in [0.15, 0.2) is 35.2 Å². The second-order valence-corrected chi connectivity index (χ2v) is 1.69. The van der Waals surface area contributed by atoms with Gasteiger partial charge in [-0.2, -0.15) is 0 Å². The summed E-state index contributed by atoms with van der Waals surface area (Å²) in [5, 5.41) is 0. The molecule has 0 bridgehead atoms. The summed E-state index contributed by atoms with van der Waals surface area (Å²) in [7, 11) is 4.93. The van der Waals surface area contributed by atoms with Crippen molar-refractivity contribution in [2.45, 2.75) is 0 Å². The van der Waals surface area contributed by atoms with E-state index >= 15 is 0 Å². The monoisotopic (exact) mass is 115 g/mol. The molecule has 2 heteroatoms. The van der Waals surface area contributed by atoms with E-state index in [4.69, 9.17) is 7.98 Å². The molecule has 42 valence electrons. The molecular weight excluding hydrogens is 109 g/mol. The van der Waals surface area contributed by atoms with Crippen LogP contribution in [0.5, 0.6) is 0 Å². The van der Waals surface area contributed by atoms with Gasteiger partial charge in [-0.15, -0.1) is 0 Å². The van der Waals surface area contributed by atoms with E-state index in [1.807, 2.05) is 30.3 Å². The molecule has 9 heavy (non-hydrogen) atoms. The first kappa shape index (κ1) is 6.08. The van der Waals surface area contributed by atoms with Gasteiger partial charge < -0.3 is 4.90 Å². The van der Waals surface area contributed by atoms with Gasteiger partial charge in [0.05, 0.1) is 0 Å². The lowest BCUT2D eigenvalue weighted by Gasteiger charge is -1.86. The molecule has 0 saturated heterocycles. The van der Waals surface area contributed by atoms with Gasteiger partial charge in [0.1, 0.15) is 0 Å². The molecule has 0 saturated carbocycles. The zero-order chi connectivity index (χ0) is 6.53. The van der Waals surface area contributed by atoms with Crippen molar-refractivity contribution >= 4 is 14.2 Å². The first-order valence-electron chi connectivity index (χ1n) is 2.72. The lowest BCUT2D eigenvalue weighted by Crippen LogP contribution is -1.76. The van der Waals surface area contributed by atoms with Gasteiger partial charge in [0.25, 0.3) is 7.98 Å². The van der Waals surface area contributed by atoms with Crippen molar-refractivity contribution in [2.75, 3.05) is 0 Å². The van der Waals surface area contributed by atoms with Gasteiger partial charge >= 0.3 is 0 Å². The Kier molecular flexibility index (Phi) is 2.08. The topological polar surface area (TPSA) is 12.4 Å². The van der Waals surface area contributed by atoms with E-state index in [1.54, 1.807) is 6.21 Å². The molecule has 0 spiro atoms. The summed E-state index contributed by atoms with van der Waals surface area (Å²) in [5.41, 5.74) is 1.03. The van der Waals surface area contributed by atoms with Crippen molar-refractivity contribution in [3.8, 4) is 0 Å².